The molecular weight excluding hydrogens is 238 g/mol. The molecule has 0 aliphatic carbocycles. The summed E-state index contributed by atoms with van der Waals surface area (Å²) in [6.07, 6.45) is 2.13. The molecule has 3 aromatic rings. The monoisotopic (exact) mass is 255 g/mol. The van der Waals surface area contributed by atoms with Crippen LogP contribution in [-0.2, 0) is 0 Å². The average molecular weight is 255 g/mol. The summed E-state index contributed by atoms with van der Waals surface area (Å²) in [4.78, 5) is 6.18. The number of H-pyrrole nitrogens is 1. The van der Waals surface area contributed by atoms with Crippen molar-refractivity contribution in [2.45, 2.75) is 26.7 Å². The van der Waals surface area contributed by atoms with E-state index >= 15 is 0 Å². The van der Waals surface area contributed by atoms with E-state index in [0.717, 1.165) is 0 Å². The predicted octanol–water partition coefficient (Wildman–Crippen LogP) is 5.33. The van der Waals surface area contributed by atoms with Gasteiger partial charge in [0.2, 0.25) is 0 Å². The molecule has 0 amide bonds. The van der Waals surface area contributed by atoms with E-state index in [4.69, 9.17) is 0 Å². The van der Waals surface area contributed by atoms with E-state index < -0.39 is 0 Å². The van der Waals surface area contributed by atoms with E-state index in [0.29, 0.717) is 5.92 Å². The van der Waals surface area contributed by atoms with E-state index in [-0.39, 0.29) is 0 Å². The third kappa shape index (κ3) is 1.87. The first-order chi connectivity index (χ1) is 8.65. The highest BCUT2D eigenvalue weighted by Gasteiger charge is 2.10. The van der Waals surface area contributed by atoms with Crippen molar-refractivity contribution in [3.8, 4) is 10.4 Å². The van der Waals surface area contributed by atoms with Crippen molar-refractivity contribution in [2.75, 3.05) is 0 Å². The summed E-state index contributed by atoms with van der Waals surface area (Å²) in [7, 11) is 0. The highest BCUT2D eigenvalue weighted by atomic mass is 32.1. The Kier molecular flexibility index (Phi) is 2.75. The smallest absolute Gasteiger partial charge is 0.0463 e. The fourth-order valence-corrected chi connectivity index (χ4v) is 3.29. The van der Waals surface area contributed by atoms with Gasteiger partial charge < -0.3 is 4.98 Å². The van der Waals surface area contributed by atoms with Crippen LogP contribution in [0.15, 0.2) is 36.5 Å². The molecule has 18 heavy (non-hydrogen) atoms. The Bertz CT molecular complexity index is 688. The topological polar surface area (TPSA) is 15.8 Å². The summed E-state index contributed by atoms with van der Waals surface area (Å²) in [5.74, 6) is 0.608. The summed E-state index contributed by atoms with van der Waals surface area (Å²) in [6, 6.07) is 11.1. The number of rotatable bonds is 2. The number of nitrogens with one attached hydrogen (secondary N) is 1. The van der Waals surface area contributed by atoms with Gasteiger partial charge in [-0.15, -0.1) is 11.3 Å². The second-order valence-electron chi connectivity index (χ2n) is 5.11. The summed E-state index contributed by atoms with van der Waals surface area (Å²) in [6.45, 7) is 6.62. The molecule has 92 valence electrons. The van der Waals surface area contributed by atoms with Crippen molar-refractivity contribution in [1.29, 1.82) is 0 Å². The van der Waals surface area contributed by atoms with Crippen molar-refractivity contribution in [3.05, 3.63) is 47.0 Å². The van der Waals surface area contributed by atoms with Crippen LogP contribution < -0.4 is 0 Å². The number of hydrogen-bond acceptors (Lipinski definition) is 1. The van der Waals surface area contributed by atoms with Crippen molar-refractivity contribution >= 4 is 22.2 Å². The van der Waals surface area contributed by atoms with Crippen LogP contribution in [0.5, 0.6) is 0 Å². The number of fused-ring (bicyclic) bond motifs is 1. The van der Waals surface area contributed by atoms with E-state index in [1.54, 1.807) is 0 Å². The average Bonchev–Trinajstić information content (AvgIpc) is 2.92. The van der Waals surface area contributed by atoms with E-state index in [2.05, 4.69) is 62.3 Å². The van der Waals surface area contributed by atoms with Gasteiger partial charge in [-0.05, 0) is 36.6 Å². The molecule has 1 nitrogen and oxygen atoms in total. The molecule has 1 aromatic carbocycles. The Balaban J connectivity index is 2.13. The quantitative estimate of drug-likeness (QED) is 0.637. The Morgan fingerprint density at radius 2 is 1.94 bits per heavy atom. The van der Waals surface area contributed by atoms with Crippen LogP contribution in [0.2, 0.25) is 0 Å². The highest BCUT2D eigenvalue weighted by molar-refractivity contribution is 7.15. The minimum atomic E-state index is 0.608. The number of benzene rings is 1. The first-order valence-electron chi connectivity index (χ1n) is 6.33. The Labute approximate surface area is 111 Å². The Morgan fingerprint density at radius 3 is 2.67 bits per heavy atom. The lowest BCUT2D eigenvalue weighted by molar-refractivity contribution is 0.890. The standard InChI is InChI=1S/C16H17NS/c1-10(2)15-6-7-16(18-15)13-9-17-14-8-11(3)4-5-12(13)14/h4-10,17H,1-3H3. The van der Waals surface area contributed by atoms with Crippen LogP contribution in [0.4, 0.5) is 0 Å². The lowest BCUT2D eigenvalue weighted by Crippen LogP contribution is -1.77. The van der Waals surface area contributed by atoms with Gasteiger partial charge in [-0.1, -0.05) is 26.0 Å². The zero-order valence-electron chi connectivity index (χ0n) is 10.9. The molecule has 0 radical (unpaired) electrons. The van der Waals surface area contributed by atoms with Crippen LogP contribution in [0.3, 0.4) is 0 Å². The number of thiophene rings is 1. The molecule has 2 aromatic heterocycles. The predicted molar refractivity (Wildman–Crippen MR) is 80.4 cm³/mol. The molecule has 2 heteroatoms. The normalized spacial score (nSPS) is 11.6. The number of aromatic amines is 1. The summed E-state index contributed by atoms with van der Waals surface area (Å²) in [5.41, 5.74) is 3.84. The van der Waals surface area contributed by atoms with Gasteiger partial charge in [-0.2, -0.15) is 0 Å². The zero-order chi connectivity index (χ0) is 12.7. The minimum absolute atomic E-state index is 0.608. The number of aryl methyl sites for hydroxylation is 1. The fourth-order valence-electron chi connectivity index (χ4n) is 2.25. The van der Waals surface area contributed by atoms with E-state index in [1.165, 1.54) is 31.8 Å². The molecule has 0 fully saturated rings. The van der Waals surface area contributed by atoms with Crippen LogP contribution in [-0.4, -0.2) is 4.98 Å². The van der Waals surface area contributed by atoms with Crippen molar-refractivity contribution in [3.63, 3.8) is 0 Å². The SMILES string of the molecule is Cc1ccc2c(-c3ccc(C(C)C)s3)c[nH]c2c1. The maximum Gasteiger partial charge on any atom is 0.0463 e. The summed E-state index contributed by atoms with van der Waals surface area (Å²) >= 11 is 1.90. The summed E-state index contributed by atoms with van der Waals surface area (Å²) in [5, 5.41) is 1.32. The second-order valence-corrected chi connectivity index (χ2v) is 6.22. The third-order valence-corrected chi connectivity index (χ3v) is 4.72. The maximum absolute atomic E-state index is 3.37. The van der Waals surface area contributed by atoms with Gasteiger partial charge in [-0.3, -0.25) is 0 Å². The summed E-state index contributed by atoms with van der Waals surface area (Å²) < 4.78 is 0. The van der Waals surface area contributed by atoms with Gasteiger partial charge in [0.15, 0.2) is 0 Å². The lowest BCUT2D eigenvalue weighted by atomic mass is 10.1. The van der Waals surface area contributed by atoms with Gasteiger partial charge in [0.25, 0.3) is 0 Å². The highest BCUT2D eigenvalue weighted by Crippen LogP contribution is 2.36. The first kappa shape index (κ1) is 11.5. The van der Waals surface area contributed by atoms with Crippen LogP contribution in [0.1, 0.15) is 30.2 Å². The molecule has 0 spiro atoms. The van der Waals surface area contributed by atoms with Gasteiger partial charge in [0, 0.05) is 32.4 Å². The van der Waals surface area contributed by atoms with Gasteiger partial charge in [0.1, 0.15) is 0 Å². The van der Waals surface area contributed by atoms with Gasteiger partial charge in [-0.25, -0.2) is 0 Å². The fraction of sp³-hybridized carbons (Fsp3) is 0.250. The minimum Gasteiger partial charge on any atom is -0.361 e. The number of aromatic nitrogens is 1. The molecule has 2 heterocycles. The molecule has 0 saturated heterocycles. The van der Waals surface area contributed by atoms with Gasteiger partial charge >= 0.3 is 0 Å². The van der Waals surface area contributed by atoms with Crippen LogP contribution in [0, 0.1) is 6.92 Å². The third-order valence-electron chi connectivity index (χ3n) is 3.30. The maximum atomic E-state index is 3.37. The van der Waals surface area contributed by atoms with Crippen molar-refractivity contribution in [2.24, 2.45) is 0 Å². The Morgan fingerprint density at radius 1 is 1.11 bits per heavy atom. The molecule has 0 aliphatic heterocycles. The van der Waals surface area contributed by atoms with E-state index in [9.17, 15) is 0 Å². The molecule has 0 atom stereocenters. The largest absolute Gasteiger partial charge is 0.361 e. The van der Waals surface area contributed by atoms with E-state index in [1.807, 2.05) is 11.3 Å². The first-order valence-corrected chi connectivity index (χ1v) is 7.14. The zero-order valence-corrected chi connectivity index (χ0v) is 11.8. The van der Waals surface area contributed by atoms with Crippen LogP contribution >= 0.6 is 11.3 Å². The second kappa shape index (κ2) is 4.29. The lowest BCUT2D eigenvalue weighted by Gasteiger charge is -1.99. The molecule has 0 saturated carbocycles. The molecule has 1 N–H and O–H groups in total. The van der Waals surface area contributed by atoms with Gasteiger partial charge in [0.05, 0.1) is 0 Å². The van der Waals surface area contributed by atoms with Crippen molar-refractivity contribution in [1.82, 2.24) is 4.98 Å². The van der Waals surface area contributed by atoms with Crippen LogP contribution in [0.25, 0.3) is 21.3 Å². The van der Waals surface area contributed by atoms with Crippen molar-refractivity contribution < 1.29 is 0 Å². The number of hydrogen-bond donors (Lipinski definition) is 1. The molecule has 3 rings (SSSR count). The molecule has 0 unspecified atom stereocenters. The molecule has 0 bridgehead atoms. The molecule has 0 aliphatic rings. The molecular formula is C16H17NS. The Hall–Kier alpha value is -1.54.